The number of benzene rings is 1. The molecule has 0 unspecified atom stereocenters. The Hall–Kier alpha value is -1.40. The summed E-state index contributed by atoms with van der Waals surface area (Å²) in [6, 6.07) is 8.78. The van der Waals surface area contributed by atoms with Crippen molar-refractivity contribution >= 4 is 6.47 Å². The van der Waals surface area contributed by atoms with Crippen LogP contribution in [-0.4, -0.2) is 6.47 Å². The zero-order chi connectivity index (χ0) is 6.53. The zero-order valence-electron chi connectivity index (χ0n) is 4.70. The highest BCUT2D eigenvalue weighted by molar-refractivity contribution is 5.45. The van der Waals surface area contributed by atoms with Gasteiger partial charge in [0.2, 0.25) is 0 Å². The summed E-state index contributed by atoms with van der Waals surface area (Å²) in [6.07, 6.45) is 0. The lowest BCUT2D eigenvalue weighted by atomic mass is 10.3. The van der Waals surface area contributed by atoms with Crippen molar-refractivity contribution in [3.8, 4) is 5.75 Å². The number of rotatable bonds is 2. The molecule has 0 spiro atoms. The lowest BCUT2D eigenvalue weighted by molar-refractivity contribution is 0.443. The summed E-state index contributed by atoms with van der Waals surface area (Å²) in [5.74, 6) is 0.521. The predicted octanol–water partition coefficient (Wildman–Crippen LogP) is 1.13. The molecular weight excluding hydrogens is 116 g/mol. The van der Waals surface area contributed by atoms with Crippen LogP contribution in [0.3, 0.4) is 0 Å². The van der Waals surface area contributed by atoms with Crippen molar-refractivity contribution in [1.29, 1.82) is 0 Å². The molecule has 0 radical (unpaired) electrons. The average Bonchev–Trinajstić information content (AvgIpc) is 1.91. The molecule has 0 bridgehead atoms. The normalized spacial score (nSPS) is 8.00. The topological polar surface area (TPSA) is 26.3 Å². The first kappa shape index (κ1) is 5.73. The Morgan fingerprint density at radius 2 is 1.89 bits per heavy atom. The van der Waals surface area contributed by atoms with Crippen LogP contribution in [-0.2, 0) is 4.79 Å². The lowest BCUT2D eigenvalue weighted by Crippen LogP contribution is -1.85. The van der Waals surface area contributed by atoms with Gasteiger partial charge in [0.05, 0.1) is 12.1 Å². The first-order chi connectivity index (χ1) is 4.43. The third kappa shape index (κ3) is 1.52. The van der Waals surface area contributed by atoms with Crippen LogP contribution in [0.4, 0.5) is 0 Å². The van der Waals surface area contributed by atoms with Gasteiger partial charge in [-0.25, -0.2) is 0 Å². The summed E-state index contributed by atoms with van der Waals surface area (Å²) in [5.41, 5.74) is 0. The molecule has 2 heteroatoms. The van der Waals surface area contributed by atoms with Crippen molar-refractivity contribution in [3.05, 3.63) is 30.3 Å². The summed E-state index contributed by atoms with van der Waals surface area (Å²) in [5, 5.41) is 0. The van der Waals surface area contributed by atoms with Gasteiger partial charge in [-0.3, -0.25) is 0 Å². The maximum atomic E-state index is 9.63. The Kier molecular flexibility index (Phi) is 1.78. The van der Waals surface area contributed by atoms with E-state index in [-0.39, 0.29) is 0 Å². The maximum absolute atomic E-state index is 9.63. The molecule has 1 aromatic carbocycles. The number of carbonyl (C=O) groups excluding carboxylic acids is 1. The zero-order valence-corrected chi connectivity index (χ0v) is 4.70. The highest BCUT2D eigenvalue weighted by Crippen LogP contribution is 2.05. The van der Waals surface area contributed by atoms with Crippen molar-refractivity contribution in [2.45, 2.75) is 0 Å². The minimum atomic E-state index is 0.521. The van der Waals surface area contributed by atoms with Crippen LogP contribution in [0.2, 0.25) is 0 Å². The standard InChI is InChI=1S/C7H5O2/c8-6-9-7-4-2-1-3-5-7/h1-5H/q+1. The molecular formula is C7H5O2+. The smallest absolute Gasteiger partial charge is 0.189 e. The fourth-order valence-corrected chi connectivity index (χ4v) is 0.537. The van der Waals surface area contributed by atoms with Gasteiger partial charge in [0.1, 0.15) is 0 Å². The van der Waals surface area contributed by atoms with Crippen molar-refractivity contribution in [2.75, 3.05) is 0 Å². The molecule has 9 heavy (non-hydrogen) atoms. The van der Waals surface area contributed by atoms with Crippen LogP contribution in [0, 0.1) is 0 Å². The van der Waals surface area contributed by atoms with Gasteiger partial charge < -0.3 is 0 Å². The molecule has 2 nitrogen and oxygen atoms in total. The Labute approximate surface area is 53.1 Å². The molecule has 0 saturated carbocycles. The summed E-state index contributed by atoms with van der Waals surface area (Å²) in [7, 11) is 0. The largest absolute Gasteiger partial charge is 0.575 e. The molecule has 0 aliphatic carbocycles. The number of para-hydroxylation sites is 1. The molecule has 0 aliphatic heterocycles. The summed E-state index contributed by atoms with van der Waals surface area (Å²) in [4.78, 5) is 9.63. The Bertz CT molecular complexity index is 181. The van der Waals surface area contributed by atoms with Gasteiger partial charge in [-0.05, 0) is 12.1 Å². The Morgan fingerprint density at radius 1 is 1.22 bits per heavy atom. The van der Waals surface area contributed by atoms with E-state index in [9.17, 15) is 4.79 Å². The molecule has 0 amide bonds. The van der Waals surface area contributed by atoms with Crippen LogP contribution in [0.5, 0.6) is 5.75 Å². The average molecular weight is 121 g/mol. The van der Waals surface area contributed by atoms with E-state index in [1.54, 1.807) is 24.3 Å². The minimum Gasteiger partial charge on any atom is -0.189 e. The number of ether oxygens (including phenoxy) is 1. The molecule has 0 heterocycles. The van der Waals surface area contributed by atoms with Gasteiger partial charge in [0, 0.05) is 0 Å². The third-order valence-electron chi connectivity index (χ3n) is 0.903. The molecule has 1 aromatic rings. The van der Waals surface area contributed by atoms with E-state index in [1.165, 1.54) is 6.47 Å². The van der Waals surface area contributed by atoms with Crippen LogP contribution < -0.4 is 4.74 Å². The highest BCUT2D eigenvalue weighted by atomic mass is 16.5. The van der Waals surface area contributed by atoms with Crippen molar-refractivity contribution in [2.24, 2.45) is 0 Å². The van der Waals surface area contributed by atoms with Crippen molar-refractivity contribution < 1.29 is 9.53 Å². The molecule has 0 N–H and O–H groups in total. The molecule has 44 valence electrons. The molecule has 0 aromatic heterocycles. The van der Waals surface area contributed by atoms with E-state index < -0.39 is 0 Å². The first-order valence-corrected chi connectivity index (χ1v) is 2.52. The molecule has 0 atom stereocenters. The molecule has 0 fully saturated rings. The van der Waals surface area contributed by atoms with E-state index in [1.807, 2.05) is 6.07 Å². The maximum Gasteiger partial charge on any atom is 0.575 e. The Balaban J connectivity index is 2.72. The molecule has 0 aliphatic rings. The van der Waals surface area contributed by atoms with Crippen LogP contribution in [0.25, 0.3) is 0 Å². The van der Waals surface area contributed by atoms with E-state index in [0.717, 1.165) is 0 Å². The third-order valence-corrected chi connectivity index (χ3v) is 0.903. The quantitative estimate of drug-likeness (QED) is 0.548. The number of hydrogen-bond donors (Lipinski definition) is 0. The van der Waals surface area contributed by atoms with Gasteiger partial charge in [-0.15, -0.1) is 0 Å². The van der Waals surface area contributed by atoms with E-state index in [0.29, 0.717) is 5.75 Å². The second-order valence-electron chi connectivity index (χ2n) is 1.50. The first-order valence-electron chi connectivity index (χ1n) is 2.52. The van der Waals surface area contributed by atoms with Crippen LogP contribution in [0.15, 0.2) is 30.3 Å². The Morgan fingerprint density at radius 3 is 2.44 bits per heavy atom. The summed E-state index contributed by atoms with van der Waals surface area (Å²) >= 11 is 0. The molecule has 1 rings (SSSR count). The molecule has 0 saturated heterocycles. The van der Waals surface area contributed by atoms with Gasteiger partial charge in [0.25, 0.3) is 5.75 Å². The van der Waals surface area contributed by atoms with Gasteiger partial charge in [-0.1, -0.05) is 10.9 Å². The van der Waals surface area contributed by atoms with E-state index >= 15 is 0 Å². The van der Waals surface area contributed by atoms with Gasteiger partial charge in [-0.2, -0.15) is 4.74 Å². The highest BCUT2D eigenvalue weighted by Gasteiger charge is 1.99. The summed E-state index contributed by atoms with van der Waals surface area (Å²) in [6.45, 7) is 1.33. The predicted molar refractivity (Wildman–Crippen MR) is 32.8 cm³/mol. The van der Waals surface area contributed by atoms with Crippen LogP contribution >= 0.6 is 0 Å². The fourth-order valence-electron chi connectivity index (χ4n) is 0.537. The lowest BCUT2D eigenvalue weighted by Gasteiger charge is -1.78. The minimum absolute atomic E-state index is 0.521. The van der Waals surface area contributed by atoms with E-state index in [4.69, 9.17) is 0 Å². The number of hydrogen-bond acceptors (Lipinski definition) is 2. The monoisotopic (exact) mass is 121 g/mol. The van der Waals surface area contributed by atoms with E-state index in [2.05, 4.69) is 4.74 Å². The summed E-state index contributed by atoms with van der Waals surface area (Å²) < 4.78 is 4.40. The van der Waals surface area contributed by atoms with Crippen LogP contribution in [0.1, 0.15) is 0 Å². The van der Waals surface area contributed by atoms with Gasteiger partial charge >= 0.3 is 6.47 Å². The second kappa shape index (κ2) is 2.80. The van der Waals surface area contributed by atoms with Crippen molar-refractivity contribution in [3.63, 3.8) is 0 Å². The van der Waals surface area contributed by atoms with Crippen molar-refractivity contribution in [1.82, 2.24) is 0 Å². The SMILES string of the molecule is O=[C+]Oc1ccccc1. The fraction of sp³-hybridized carbons (Fsp3) is 0. The second-order valence-corrected chi connectivity index (χ2v) is 1.50. The van der Waals surface area contributed by atoms with Gasteiger partial charge in [0.15, 0.2) is 0 Å².